The van der Waals surface area contributed by atoms with Crippen molar-refractivity contribution in [3.05, 3.63) is 29.8 Å². The molecule has 0 spiro atoms. The summed E-state index contributed by atoms with van der Waals surface area (Å²) in [4.78, 5) is 24.2. The maximum atomic E-state index is 11.8. The molecule has 16 heavy (non-hydrogen) atoms. The molecule has 4 heteroatoms. The fraction of sp³-hybridized carbons (Fsp3) is 0.333. The molecule has 2 N–H and O–H groups in total. The maximum absolute atomic E-state index is 11.8. The van der Waals surface area contributed by atoms with Gasteiger partial charge in [0.1, 0.15) is 6.42 Å². The van der Waals surface area contributed by atoms with Crippen LogP contribution in [0.5, 0.6) is 0 Å². The second-order valence-electron chi connectivity index (χ2n) is 3.92. The second kappa shape index (κ2) is 4.35. The maximum Gasteiger partial charge on any atom is 0.236 e. The highest BCUT2D eigenvalue weighted by Crippen LogP contribution is 2.26. The largest absolute Gasteiger partial charge is 0.369 e. The van der Waals surface area contributed by atoms with Crippen LogP contribution in [0.15, 0.2) is 24.3 Å². The lowest BCUT2D eigenvalue weighted by Gasteiger charge is -2.29. The SMILES string of the molecule is NC(=O)CC(=O)N1CCCc2ccccc21. The number of amides is 2. The molecule has 0 radical (unpaired) electrons. The van der Waals surface area contributed by atoms with Crippen molar-refractivity contribution < 1.29 is 9.59 Å². The summed E-state index contributed by atoms with van der Waals surface area (Å²) >= 11 is 0. The number of nitrogens with zero attached hydrogens (tertiary/aromatic N) is 1. The zero-order chi connectivity index (χ0) is 11.5. The Labute approximate surface area is 94.0 Å². The molecule has 1 aromatic carbocycles. The number of hydrogen-bond acceptors (Lipinski definition) is 2. The van der Waals surface area contributed by atoms with E-state index in [1.54, 1.807) is 4.90 Å². The Hall–Kier alpha value is -1.84. The highest BCUT2D eigenvalue weighted by molar-refractivity contribution is 6.05. The first kappa shape index (κ1) is 10.7. The van der Waals surface area contributed by atoms with Gasteiger partial charge in [-0.2, -0.15) is 0 Å². The van der Waals surface area contributed by atoms with Gasteiger partial charge in [-0.15, -0.1) is 0 Å². The molecule has 1 aromatic rings. The number of benzene rings is 1. The van der Waals surface area contributed by atoms with E-state index in [1.165, 1.54) is 0 Å². The molecule has 2 rings (SSSR count). The number of carbonyl (C=O) groups excluding carboxylic acids is 2. The van der Waals surface area contributed by atoms with Crippen molar-refractivity contribution in [1.82, 2.24) is 0 Å². The van der Waals surface area contributed by atoms with Crippen LogP contribution in [0.4, 0.5) is 5.69 Å². The standard InChI is InChI=1S/C12H14N2O2/c13-11(15)8-12(16)14-7-3-5-9-4-1-2-6-10(9)14/h1-2,4,6H,3,5,7-8H2,(H2,13,15). The molecule has 0 saturated carbocycles. The van der Waals surface area contributed by atoms with E-state index in [0.717, 1.165) is 24.1 Å². The fourth-order valence-electron chi connectivity index (χ4n) is 2.04. The first-order valence-electron chi connectivity index (χ1n) is 5.35. The van der Waals surface area contributed by atoms with Gasteiger partial charge in [-0.3, -0.25) is 9.59 Å². The lowest BCUT2D eigenvalue weighted by atomic mass is 10.0. The molecule has 0 saturated heterocycles. The molecule has 0 atom stereocenters. The monoisotopic (exact) mass is 218 g/mol. The number of hydrogen-bond donors (Lipinski definition) is 1. The van der Waals surface area contributed by atoms with E-state index < -0.39 is 5.91 Å². The topological polar surface area (TPSA) is 63.4 Å². The molecule has 84 valence electrons. The van der Waals surface area contributed by atoms with Crippen LogP contribution in [-0.4, -0.2) is 18.4 Å². The summed E-state index contributed by atoms with van der Waals surface area (Å²) in [6.07, 6.45) is 1.70. The number of primary amides is 1. The number of rotatable bonds is 2. The lowest BCUT2D eigenvalue weighted by molar-refractivity contribution is -0.126. The van der Waals surface area contributed by atoms with Gasteiger partial charge >= 0.3 is 0 Å². The number of fused-ring (bicyclic) bond motifs is 1. The number of nitrogens with two attached hydrogens (primary N) is 1. The first-order chi connectivity index (χ1) is 7.68. The summed E-state index contributed by atoms with van der Waals surface area (Å²) in [5.74, 6) is -0.785. The smallest absolute Gasteiger partial charge is 0.236 e. The molecule has 0 aliphatic carbocycles. The summed E-state index contributed by atoms with van der Waals surface area (Å²) in [5, 5.41) is 0. The predicted octanol–water partition coefficient (Wildman–Crippen LogP) is 0.841. The zero-order valence-electron chi connectivity index (χ0n) is 8.98. The lowest BCUT2D eigenvalue weighted by Crippen LogP contribution is -2.37. The van der Waals surface area contributed by atoms with Crippen LogP contribution >= 0.6 is 0 Å². The van der Waals surface area contributed by atoms with Crippen molar-refractivity contribution >= 4 is 17.5 Å². The summed E-state index contributed by atoms with van der Waals surface area (Å²) < 4.78 is 0. The van der Waals surface area contributed by atoms with Crippen LogP contribution in [0, 0.1) is 0 Å². The summed E-state index contributed by atoms with van der Waals surface area (Å²) in [6, 6.07) is 7.78. The van der Waals surface area contributed by atoms with Crippen molar-refractivity contribution in [2.24, 2.45) is 5.73 Å². The molecule has 0 unspecified atom stereocenters. The average molecular weight is 218 g/mol. The first-order valence-corrected chi connectivity index (χ1v) is 5.35. The molecule has 0 fully saturated rings. The predicted molar refractivity (Wildman–Crippen MR) is 60.9 cm³/mol. The van der Waals surface area contributed by atoms with Crippen molar-refractivity contribution in [2.45, 2.75) is 19.3 Å². The molecular weight excluding hydrogens is 204 g/mol. The van der Waals surface area contributed by atoms with Crippen LogP contribution in [0.3, 0.4) is 0 Å². The van der Waals surface area contributed by atoms with E-state index in [9.17, 15) is 9.59 Å². The number of anilines is 1. The van der Waals surface area contributed by atoms with E-state index in [1.807, 2.05) is 24.3 Å². The summed E-state index contributed by atoms with van der Waals surface area (Å²) in [6.45, 7) is 0.670. The molecular formula is C12H14N2O2. The Morgan fingerprint density at radius 2 is 2.06 bits per heavy atom. The van der Waals surface area contributed by atoms with Crippen LogP contribution in [0.2, 0.25) is 0 Å². The molecule has 0 aromatic heterocycles. The van der Waals surface area contributed by atoms with E-state index in [2.05, 4.69) is 0 Å². The van der Waals surface area contributed by atoms with Crippen molar-refractivity contribution in [3.8, 4) is 0 Å². The van der Waals surface area contributed by atoms with Crippen molar-refractivity contribution in [1.29, 1.82) is 0 Å². The quantitative estimate of drug-likeness (QED) is 0.748. The minimum atomic E-state index is -0.576. The Morgan fingerprint density at radius 3 is 2.81 bits per heavy atom. The van der Waals surface area contributed by atoms with Gasteiger partial charge in [0.2, 0.25) is 11.8 Å². The Bertz CT molecular complexity index is 429. The molecule has 2 amide bonds. The molecule has 1 heterocycles. The third kappa shape index (κ3) is 2.05. The van der Waals surface area contributed by atoms with Gasteiger partial charge in [-0.1, -0.05) is 18.2 Å². The Balaban J connectivity index is 2.24. The number of aryl methyl sites for hydroxylation is 1. The van der Waals surface area contributed by atoms with Crippen LogP contribution in [-0.2, 0) is 16.0 Å². The van der Waals surface area contributed by atoms with Crippen LogP contribution in [0.25, 0.3) is 0 Å². The van der Waals surface area contributed by atoms with Gasteiger partial charge in [0, 0.05) is 12.2 Å². The average Bonchev–Trinajstić information content (AvgIpc) is 2.27. The van der Waals surface area contributed by atoms with E-state index in [0.29, 0.717) is 6.54 Å². The van der Waals surface area contributed by atoms with Gasteiger partial charge in [0.25, 0.3) is 0 Å². The second-order valence-corrected chi connectivity index (χ2v) is 3.92. The fourth-order valence-corrected chi connectivity index (χ4v) is 2.04. The Morgan fingerprint density at radius 1 is 1.31 bits per heavy atom. The van der Waals surface area contributed by atoms with Gasteiger partial charge in [0.05, 0.1) is 0 Å². The van der Waals surface area contributed by atoms with Crippen LogP contribution in [0.1, 0.15) is 18.4 Å². The summed E-state index contributed by atoms with van der Waals surface area (Å²) in [5.41, 5.74) is 7.11. The Kier molecular flexibility index (Phi) is 2.90. The molecule has 1 aliphatic rings. The third-order valence-corrected chi connectivity index (χ3v) is 2.74. The van der Waals surface area contributed by atoms with Gasteiger partial charge < -0.3 is 10.6 Å². The van der Waals surface area contributed by atoms with Gasteiger partial charge in [0.15, 0.2) is 0 Å². The third-order valence-electron chi connectivity index (χ3n) is 2.74. The number of para-hydroxylation sites is 1. The van der Waals surface area contributed by atoms with Crippen molar-refractivity contribution in [3.63, 3.8) is 0 Å². The van der Waals surface area contributed by atoms with E-state index in [4.69, 9.17) is 5.73 Å². The van der Waals surface area contributed by atoms with Crippen LogP contribution < -0.4 is 10.6 Å². The highest BCUT2D eigenvalue weighted by Gasteiger charge is 2.22. The minimum absolute atomic E-state index is 0.209. The van der Waals surface area contributed by atoms with E-state index >= 15 is 0 Å². The molecule has 1 aliphatic heterocycles. The molecule has 4 nitrogen and oxygen atoms in total. The molecule has 0 bridgehead atoms. The zero-order valence-corrected chi connectivity index (χ0v) is 8.98. The van der Waals surface area contributed by atoms with Crippen molar-refractivity contribution in [2.75, 3.05) is 11.4 Å². The van der Waals surface area contributed by atoms with Gasteiger partial charge in [-0.25, -0.2) is 0 Å². The van der Waals surface area contributed by atoms with E-state index in [-0.39, 0.29) is 12.3 Å². The summed E-state index contributed by atoms with van der Waals surface area (Å²) in [7, 11) is 0. The number of carbonyl (C=O) groups is 2. The minimum Gasteiger partial charge on any atom is -0.369 e. The normalized spacial score (nSPS) is 14.4. The van der Waals surface area contributed by atoms with Gasteiger partial charge in [-0.05, 0) is 24.5 Å². The highest BCUT2D eigenvalue weighted by atomic mass is 16.2.